The summed E-state index contributed by atoms with van der Waals surface area (Å²) in [6.07, 6.45) is 2.25. The van der Waals surface area contributed by atoms with Gasteiger partial charge in [0.05, 0.1) is 5.56 Å². The number of hydrogen-bond acceptors (Lipinski definition) is 3. The lowest BCUT2D eigenvalue weighted by molar-refractivity contribution is -0.121. The van der Waals surface area contributed by atoms with E-state index < -0.39 is 11.7 Å². The van der Waals surface area contributed by atoms with E-state index in [1.54, 1.807) is 0 Å². The first kappa shape index (κ1) is 13.9. The molecule has 102 valence electrons. The van der Waals surface area contributed by atoms with E-state index in [2.05, 4.69) is 23.3 Å². The molecule has 1 fully saturated rings. The number of amides is 2. The minimum absolute atomic E-state index is 0.0601. The van der Waals surface area contributed by atoms with Crippen molar-refractivity contribution in [2.24, 2.45) is 0 Å². The number of benzene rings is 1. The van der Waals surface area contributed by atoms with Gasteiger partial charge < -0.3 is 10.6 Å². The fourth-order valence-electron chi connectivity index (χ4n) is 1.60. The normalized spacial score (nSPS) is 14.0. The number of nitrogens with one attached hydrogen (secondary N) is 2. The van der Waals surface area contributed by atoms with Crippen LogP contribution in [0.1, 0.15) is 29.6 Å². The van der Waals surface area contributed by atoms with Gasteiger partial charge in [-0.3, -0.25) is 9.59 Å². The molecular formula is C13H15FN2O2S. The van der Waals surface area contributed by atoms with Crippen LogP contribution in [0, 0.1) is 5.82 Å². The molecule has 0 atom stereocenters. The van der Waals surface area contributed by atoms with Gasteiger partial charge in [0, 0.05) is 23.9 Å². The zero-order chi connectivity index (χ0) is 13.8. The van der Waals surface area contributed by atoms with Crippen LogP contribution in [0.15, 0.2) is 23.1 Å². The van der Waals surface area contributed by atoms with Gasteiger partial charge in [-0.25, -0.2) is 4.39 Å². The summed E-state index contributed by atoms with van der Waals surface area (Å²) in [5.41, 5.74) is -0.0601. The predicted octanol–water partition coefficient (Wildman–Crippen LogP) is 1.51. The van der Waals surface area contributed by atoms with Crippen molar-refractivity contribution in [3.8, 4) is 0 Å². The second-order valence-corrected chi connectivity index (χ2v) is 5.03. The van der Waals surface area contributed by atoms with Crippen LogP contribution >= 0.6 is 12.6 Å². The second kappa shape index (κ2) is 6.06. The van der Waals surface area contributed by atoms with Crippen molar-refractivity contribution in [1.82, 2.24) is 10.6 Å². The highest BCUT2D eigenvalue weighted by atomic mass is 32.1. The molecule has 1 saturated carbocycles. The van der Waals surface area contributed by atoms with E-state index in [1.807, 2.05) is 0 Å². The maximum Gasteiger partial charge on any atom is 0.254 e. The Labute approximate surface area is 116 Å². The average molecular weight is 282 g/mol. The van der Waals surface area contributed by atoms with Crippen LogP contribution in [0.3, 0.4) is 0 Å². The monoisotopic (exact) mass is 282 g/mol. The summed E-state index contributed by atoms with van der Waals surface area (Å²) in [5.74, 6) is -1.23. The molecule has 4 nitrogen and oxygen atoms in total. The standard InChI is InChI=1S/C13H15FN2O2S/c14-11-4-3-9(19)7-10(11)13(18)15-6-5-12(17)16-8-1-2-8/h3-4,7-8,19H,1-2,5-6H2,(H,15,18)(H,16,17). The molecule has 0 spiro atoms. The molecular weight excluding hydrogens is 267 g/mol. The molecule has 2 N–H and O–H groups in total. The molecule has 0 bridgehead atoms. The summed E-state index contributed by atoms with van der Waals surface area (Å²) in [6.45, 7) is 0.188. The molecule has 1 aromatic carbocycles. The van der Waals surface area contributed by atoms with Gasteiger partial charge in [0.1, 0.15) is 5.82 Å². The van der Waals surface area contributed by atoms with Crippen molar-refractivity contribution in [1.29, 1.82) is 0 Å². The smallest absolute Gasteiger partial charge is 0.254 e. The van der Waals surface area contributed by atoms with Crippen molar-refractivity contribution >= 4 is 24.4 Å². The third-order valence-corrected chi connectivity index (χ3v) is 3.05. The summed E-state index contributed by atoms with van der Waals surface area (Å²) >= 11 is 4.05. The van der Waals surface area contributed by atoms with Crippen molar-refractivity contribution in [2.75, 3.05) is 6.54 Å². The minimum atomic E-state index is -0.599. The highest BCUT2D eigenvalue weighted by molar-refractivity contribution is 7.80. The highest BCUT2D eigenvalue weighted by Crippen LogP contribution is 2.18. The summed E-state index contributed by atoms with van der Waals surface area (Å²) in [5, 5.41) is 5.33. The molecule has 19 heavy (non-hydrogen) atoms. The van der Waals surface area contributed by atoms with Gasteiger partial charge in [0.25, 0.3) is 5.91 Å². The number of carbonyl (C=O) groups excluding carboxylic acids is 2. The molecule has 0 heterocycles. The lowest BCUT2D eigenvalue weighted by Crippen LogP contribution is -2.32. The zero-order valence-corrected chi connectivity index (χ0v) is 11.2. The maximum absolute atomic E-state index is 13.4. The van der Waals surface area contributed by atoms with Crippen LogP contribution in [0.2, 0.25) is 0 Å². The quantitative estimate of drug-likeness (QED) is 0.717. The van der Waals surface area contributed by atoms with Crippen LogP contribution in [-0.2, 0) is 4.79 Å². The Balaban J connectivity index is 1.80. The molecule has 6 heteroatoms. The zero-order valence-electron chi connectivity index (χ0n) is 10.3. The predicted molar refractivity (Wildman–Crippen MR) is 71.8 cm³/mol. The number of hydrogen-bond donors (Lipinski definition) is 3. The number of thiol groups is 1. The molecule has 1 aliphatic rings. The Morgan fingerprint density at radius 3 is 2.79 bits per heavy atom. The SMILES string of the molecule is O=C(CCNC(=O)c1cc(S)ccc1F)NC1CC1. The van der Waals surface area contributed by atoms with Crippen molar-refractivity contribution in [3.05, 3.63) is 29.6 Å². The fourth-order valence-corrected chi connectivity index (χ4v) is 1.80. The molecule has 1 aliphatic carbocycles. The van der Waals surface area contributed by atoms with Crippen LogP contribution in [0.25, 0.3) is 0 Å². The maximum atomic E-state index is 13.4. The fraction of sp³-hybridized carbons (Fsp3) is 0.385. The summed E-state index contributed by atoms with van der Waals surface area (Å²) < 4.78 is 13.4. The van der Waals surface area contributed by atoms with Gasteiger partial charge in [0.2, 0.25) is 5.91 Å². The highest BCUT2D eigenvalue weighted by Gasteiger charge is 2.22. The van der Waals surface area contributed by atoms with Crippen molar-refractivity contribution < 1.29 is 14.0 Å². The molecule has 0 saturated heterocycles. The Morgan fingerprint density at radius 2 is 2.11 bits per heavy atom. The number of halogens is 1. The molecule has 0 aliphatic heterocycles. The first-order valence-electron chi connectivity index (χ1n) is 6.12. The van der Waals surface area contributed by atoms with Gasteiger partial charge in [-0.05, 0) is 31.0 Å². The minimum Gasteiger partial charge on any atom is -0.353 e. The van der Waals surface area contributed by atoms with Gasteiger partial charge in [0.15, 0.2) is 0 Å². The number of rotatable bonds is 5. The third-order valence-electron chi connectivity index (χ3n) is 2.77. The Morgan fingerprint density at radius 1 is 1.37 bits per heavy atom. The van der Waals surface area contributed by atoms with E-state index in [-0.39, 0.29) is 24.4 Å². The average Bonchev–Trinajstić information content (AvgIpc) is 3.16. The number of carbonyl (C=O) groups is 2. The third kappa shape index (κ3) is 4.24. The van der Waals surface area contributed by atoms with Gasteiger partial charge in [-0.2, -0.15) is 0 Å². The Hall–Kier alpha value is -1.56. The van der Waals surface area contributed by atoms with E-state index in [1.165, 1.54) is 18.2 Å². The summed E-state index contributed by atoms with van der Waals surface area (Å²) in [4.78, 5) is 23.6. The molecule has 0 aromatic heterocycles. The first-order chi connectivity index (χ1) is 9.06. The topological polar surface area (TPSA) is 58.2 Å². The van der Waals surface area contributed by atoms with Gasteiger partial charge >= 0.3 is 0 Å². The molecule has 2 rings (SSSR count). The van der Waals surface area contributed by atoms with E-state index >= 15 is 0 Å². The van der Waals surface area contributed by atoms with Gasteiger partial charge in [-0.15, -0.1) is 12.6 Å². The largest absolute Gasteiger partial charge is 0.353 e. The Bertz CT molecular complexity index is 503. The lowest BCUT2D eigenvalue weighted by atomic mass is 10.2. The summed E-state index contributed by atoms with van der Waals surface area (Å²) in [7, 11) is 0. The van der Waals surface area contributed by atoms with E-state index in [0.717, 1.165) is 12.8 Å². The van der Waals surface area contributed by atoms with Crippen molar-refractivity contribution in [2.45, 2.75) is 30.2 Å². The van der Waals surface area contributed by atoms with Crippen LogP contribution in [-0.4, -0.2) is 24.4 Å². The Kier molecular flexibility index (Phi) is 4.42. The summed E-state index contributed by atoms with van der Waals surface area (Å²) in [6, 6.07) is 4.33. The molecule has 0 radical (unpaired) electrons. The van der Waals surface area contributed by atoms with Crippen LogP contribution < -0.4 is 10.6 Å². The lowest BCUT2D eigenvalue weighted by Gasteiger charge is -2.07. The van der Waals surface area contributed by atoms with E-state index in [0.29, 0.717) is 10.9 Å². The van der Waals surface area contributed by atoms with Crippen molar-refractivity contribution in [3.63, 3.8) is 0 Å². The molecule has 0 unspecified atom stereocenters. The molecule has 2 amide bonds. The second-order valence-electron chi connectivity index (χ2n) is 4.51. The van der Waals surface area contributed by atoms with Crippen LogP contribution in [0.4, 0.5) is 4.39 Å². The van der Waals surface area contributed by atoms with Crippen LogP contribution in [0.5, 0.6) is 0 Å². The van der Waals surface area contributed by atoms with E-state index in [9.17, 15) is 14.0 Å². The first-order valence-corrected chi connectivity index (χ1v) is 6.57. The van der Waals surface area contributed by atoms with Gasteiger partial charge in [-0.1, -0.05) is 0 Å². The molecule has 1 aromatic rings. The van der Waals surface area contributed by atoms with E-state index in [4.69, 9.17) is 0 Å².